The molecule has 0 aromatic heterocycles. The summed E-state index contributed by atoms with van der Waals surface area (Å²) in [4.78, 5) is 20.0. The van der Waals surface area contributed by atoms with E-state index in [1.165, 1.54) is 11.8 Å². The molecule has 3 aromatic carbocycles. The van der Waals surface area contributed by atoms with Crippen molar-refractivity contribution in [3.8, 4) is 11.5 Å². The van der Waals surface area contributed by atoms with Crippen LogP contribution in [0.4, 0.5) is 5.69 Å². The second-order valence-corrected chi connectivity index (χ2v) is 11.1. The van der Waals surface area contributed by atoms with E-state index in [0.29, 0.717) is 39.0 Å². The first-order valence-electron chi connectivity index (χ1n) is 10.8. The van der Waals surface area contributed by atoms with E-state index in [1.807, 2.05) is 55.5 Å². The van der Waals surface area contributed by atoms with E-state index < -0.39 is 0 Å². The molecule has 1 amide bonds. The number of hydrogen-bond acceptors (Lipinski definition) is 5. The molecule has 4 rings (SSSR count). The van der Waals surface area contributed by atoms with Crippen molar-refractivity contribution in [3.63, 3.8) is 0 Å². The summed E-state index contributed by atoms with van der Waals surface area (Å²) in [6, 6.07) is 16.6. The van der Waals surface area contributed by atoms with E-state index in [0.717, 1.165) is 31.5 Å². The van der Waals surface area contributed by atoms with Crippen LogP contribution in [-0.4, -0.2) is 29.6 Å². The maximum absolute atomic E-state index is 13.1. The first kappa shape index (κ1) is 27.1. The van der Waals surface area contributed by atoms with E-state index in [4.69, 9.17) is 32.7 Å². The number of thioether (sulfide) groups is 1. The van der Waals surface area contributed by atoms with E-state index in [2.05, 4.69) is 36.9 Å². The zero-order valence-corrected chi connectivity index (χ0v) is 24.7. The lowest BCUT2D eigenvalue weighted by Crippen LogP contribution is -2.28. The van der Waals surface area contributed by atoms with Gasteiger partial charge in [-0.05, 0) is 116 Å². The molecule has 3 aromatic rings. The summed E-state index contributed by atoms with van der Waals surface area (Å²) in [6.07, 6.45) is 1.85. The van der Waals surface area contributed by atoms with Gasteiger partial charge in [-0.2, -0.15) is 0 Å². The number of ether oxygens (including phenoxy) is 2. The van der Waals surface area contributed by atoms with Gasteiger partial charge < -0.3 is 9.47 Å². The molecule has 0 aliphatic carbocycles. The number of amidine groups is 1. The van der Waals surface area contributed by atoms with Crippen LogP contribution in [0.2, 0.25) is 10.0 Å². The van der Waals surface area contributed by atoms with Gasteiger partial charge in [-0.1, -0.05) is 29.3 Å². The standard InChI is InChI=1S/C26H20Br2Cl2N2O3S/c1-3-32-25(33)23(36-26(32)31-17-5-7-18(34-2)8-6-17)13-16-10-19(27)24(20(28)11-16)35-14-15-4-9-21(29)22(30)12-15/h4-13H,3,14H2,1-2H3/b23-13+,31-26?. The number of nitrogens with zero attached hydrogens (tertiary/aromatic N) is 2. The third-order valence-electron chi connectivity index (χ3n) is 5.19. The molecule has 1 aliphatic rings. The molecule has 1 saturated heterocycles. The van der Waals surface area contributed by atoms with Gasteiger partial charge in [-0.25, -0.2) is 4.99 Å². The molecule has 1 fully saturated rings. The molecule has 0 spiro atoms. The van der Waals surface area contributed by atoms with E-state index >= 15 is 0 Å². The number of hydrogen-bond donors (Lipinski definition) is 0. The number of methoxy groups -OCH3 is 1. The van der Waals surface area contributed by atoms with Gasteiger partial charge in [0.2, 0.25) is 0 Å². The zero-order chi connectivity index (χ0) is 25.8. The van der Waals surface area contributed by atoms with Gasteiger partial charge in [0.1, 0.15) is 18.1 Å². The fraction of sp³-hybridized carbons (Fsp3) is 0.154. The largest absolute Gasteiger partial charge is 0.497 e. The number of amides is 1. The van der Waals surface area contributed by atoms with Crippen LogP contribution in [0.5, 0.6) is 11.5 Å². The summed E-state index contributed by atoms with van der Waals surface area (Å²) < 4.78 is 12.7. The van der Waals surface area contributed by atoms with Crippen molar-refractivity contribution in [3.05, 3.63) is 89.6 Å². The predicted molar refractivity (Wildman–Crippen MR) is 156 cm³/mol. The smallest absolute Gasteiger partial charge is 0.266 e. The van der Waals surface area contributed by atoms with Gasteiger partial charge >= 0.3 is 0 Å². The van der Waals surface area contributed by atoms with Crippen molar-refractivity contribution in [1.82, 2.24) is 4.90 Å². The fourth-order valence-corrected chi connectivity index (χ4v) is 6.21. The third-order valence-corrected chi connectivity index (χ3v) is 8.11. The molecular weight excluding hydrogens is 651 g/mol. The maximum Gasteiger partial charge on any atom is 0.266 e. The number of likely N-dealkylation sites (N-methyl/N-ethyl adjacent to an activating group) is 1. The average molecular weight is 671 g/mol. The molecule has 1 heterocycles. The van der Waals surface area contributed by atoms with Crippen molar-refractivity contribution in [1.29, 1.82) is 0 Å². The molecule has 186 valence electrons. The topological polar surface area (TPSA) is 51.1 Å². The molecule has 36 heavy (non-hydrogen) atoms. The van der Waals surface area contributed by atoms with Crippen LogP contribution < -0.4 is 9.47 Å². The van der Waals surface area contributed by atoms with Crippen LogP contribution in [0.15, 0.2) is 73.4 Å². The highest BCUT2D eigenvalue weighted by atomic mass is 79.9. The first-order valence-corrected chi connectivity index (χ1v) is 13.9. The van der Waals surface area contributed by atoms with Crippen LogP contribution in [0.3, 0.4) is 0 Å². The summed E-state index contributed by atoms with van der Waals surface area (Å²) in [5.41, 5.74) is 2.48. The lowest BCUT2D eigenvalue weighted by Gasteiger charge is -2.12. The Hall–Kier alpha value is -1.97. The van der Waals surface area contributed by atoms with Crippen molar-refractivity contribution < 1.29 is 14.3 Å². The predicted octanol–water partition coefficient (Wildman–Crippen LogP) is 8.73. The summed E-state index contributed by atoms with van der Waals surface area (Å²) in [7, 11) is 1.62. The van der Waals surface area contributed by atoms with Crippen LogP contribution in [0.25, 0.3) is 6.08 Å². The normalized spacial score (nSPS) is 15.7. The van der Waals surface area contributed by atoms with Crippen LogP contribution in [-0.2, 0) is 11.4 Å². The van der Waals surface area contributed by atoms with Gasteiger partial charge in [-0.15, -0.1) is 0 Å². The number of rotatable bonds is 7. The summed E-state index contributed by atoms with van der Waals surface area (Å²) in [5.74, 6) is 1.31. The second-order valence-electron chi connectivity index (χ2n) is 7.60. The Bertz CT molecular complexity index is 1340. The number of benzene rings is 3. The molecule has 10 heteroatoms. The van der Waals surface area contributed by atoms with Gasteiger partial charge in [0, 0.05) is 6.54 Å². The maximum atomic E-state index is 13.1. The fourth-order valence-electron chi connectivity index (χ4n) is 3.37. The summed E-state index contributed by atoms with van der Waals surface area (Å²) in [6.45, 7) is 2.77. The Morgan fingerprint density at radius 2 is 1.72 bits per heavy atom. The van der Waals surface area contributed by atoms with Crippen molar-refractivity contribution in [2.75, 3.05) is 13.7 Å². The Labute approximate surface area is 240 Å². The molecule has 0 unspecified atom stereocenters. The van der Waals surface area contributed by atoms with Crippen LogP contribution in [0, 0.1) is 0 Å². The van der Waals surface area contributed by atoms with Gasteiger partial charge in [0.15, 0.2) is 5.17 Å². The average Bonchev–Trinajstić information content (AvgIpc) is 3.14. The Morgan fingerprint density at radius 1 is 1.03 bits per heavy atom. The highest BCUT2D eigenvalue weighted by Gasteiger charge is 2.32. The second kappa shape index (κ2) is 12.0. The summed E-state index contributed by atoms with van der Waals surface area (Å²) >= 11 is 20.6. The minimum Gasteiger partial charge on any atom is -0.497 e. The number of aliphatic imine (C=N–C) groups is 1. The number of carbonyl (C=O) groups excluding carboxylic acids is 1. The van der Waals surface area contributed by atoms with Crippen molar-refractivity contribution in [2.24, 2.45) is 4.99 Å². The Kier molecular flexibility index (Phi) is 9.06. The third kappa shape index (κ3) is 6.29. The lowest BCUT2D eigenvalue weighted by atomic mass is 10.2. The molecule has 0 saturated carbocycles. The van der Waals surface area contributed by atoms with E-state index in [1.54, 1.807) is 24.1 Å². The van der Waals surface area contributed by atoms with E-state index in [-0.39, 0.29) is 5.91 Å². The van der Waals surface area contributed by atoms with E-state index in [9.17, 15) is 4.79 Å². The molecule has 0 atom stereocenters. The quantitative estimate of drug-likeness (QED) is 0.236. The summed E-state index contributed by atoms with van der Waals surface area (Å²) in [5, 5.41) is 1.62. The molecule has 0 N–H and O–H groups in total. The number of carbonyl (C=O) groups is 1. The molecular formula is C26H20Br2Cl2N2O3S. The monoisotopic (exact) mass is 668 g/mol. The SMILES string of the molecule is CCN1C(=O)/C(=C\c2cc(Br)c(OCc3ccc(Cl)c(Cl)c3)c(Br)c2)SC1=Nc1ccc(OC)cc1. The minimum absolute atomic E-state index is 0.0815. The minimum atomic E-state index is -0.0815. The van der Waals surface area contributed by atoms with Gasteiger partial charge in [0.25, 0.3) is 5.91 Å². The first-order chi connectivity index (χ1) is 17.3. The van der Waals surface area contributed by atoms with Crippen molar-refractivity contribution >= 4 is 89.7 Å². The molecule has 0 radical (unpaired) electrons. The van der Waals surface area contributed by atoms with Crippen molar-refractivity contribution in [2.45, 2.75) is 13.5 Å². The Morgan fingerprint density at radius 3 is 2.33 bits per heavy atom. The Balaban J connectivity index is 1.54. The van der Waals surface area contributed by atoms with Gasteiger partial charge in [0.05, 0.1) is 36.7 Å². The molecule has 0 bridgehead atoms. The highest BCUT2D eigenvalue weighted by molar-refractivity contribution is 9.11. The zero-order valence-electron chi connectivity index (χ0n) is 19.2. The highest BCUT2D eigenvalue weighted by Crippen LogP contribution is 2.39. The van der Waals surface area contributed by atoms with Crippen LogP contribution >= 0.6 is 66.8 Å². The number of halogens is 4. The molecule has 1 aliphatic heterocycles. The molecule has 5 nitrogen and oxygen atoms in total. The lowest BCUT2D eigenvalue weighted by molar-refractivity contribution is -0.122. The van der Waals surface area contributed by atoms with Gasteiger partial charge in [-0.3, -0.25) is 9.69 Å². The van der Waals surface area contributed by atoms with Crippen LogP contribution in [0.1, 0.15) is 18.1 Å².